The molecule has 1 aromatic rings. The summed E-state index contributed by atoms with van der Waals surface area (Å²) in [4.78, 5) is 7.20. The van der Waals surface area contributed by atoms with E-state index in [4.69, 9.17) is 19.2 Å². The van der Waals surface area contributed by atoms with Crippen LogP contribution in [0.3, 0.4) is 0 Å². The molecular formula is C20H33N3O3. The van der Waals surface area contributed by atoms with Gasteiger partial charge in [-0.25, -0.2) is 4.99 Å². The lowest BCUT2D eigenvalue weighted by Crippen LogP contribution is -2.72. The Bertz CT molecular complexity index is 669. The van der Waals surface area contributed by atoms with E-state index in [2.05, 4.69) is 44.8 Å². The fourth-order valence-corrected chi connectivity index (χ4v) is 3.17. The quantitative estimate of drug-likeness (QED) is 0.621. The van der Waals surface area contributed by atoms with Crippen LogP contribution in [0.1, 0.15) is 40.2 Å². The summed E-state index contributed by atoms with van der Waals surface area (Å²) in [6, 6.07) is 3.77. The summed E-state index contributed by atoms with van der Waals surface area (Å²) in [7, 11) is 4.90. The first-order valence-electron chi connectivity index (χ1n) is 9.06. The summed E-state index contributed by atoms with van der Waals surface area (Å²) in [5.41, 5.74) is 1.26. The van der Waals surface area contributed by atoms with Crippen molar-refractivity contribution in [3.05, 3.63) is 17.7 Å². The average molecular weight is 364 g/mol. The highest BCUT2D eigenvalue weighted by Crippen LogP contribution is 2.46. The number of hydrogen-bond acceptors (Lipinski definition) is 4. The first-order valence-corrected chi connectivity index (χ1v) is 9.06. The number of methoxy groups -OCH3 is 3. The van der Waals surface area contributed by atoms with Crippen LogP contribution in [-0.4, -0.2) is 50.8 Å². The third kappa shape index (κ3) is 3.55. The van der Waals surface area contributed by atoms with Gasteiger partial charge >= 0.3 is 0 Å². The maximum Gasteiger partial charge on any atom is 0.194 e. The highest BCUT2D eigenvalue weighted by molar-refractivity contribution is 5.82. The summed E-state index contributed by atoms with van der Waals surface area (Å²) in [6.45, 7) is 13.5. The molecule has 146 valence electrons. The second-order valence-electron chi connectivity index (χ2n) is 7.72. The number of nitrogens with zero attached hydrogens (tertiary/aromatic N) is 2. The molecule has 0 unspecified atom stereocenters. The van der Waals surface area contributed by atoms with Crippen molar-refractivity contribution in [1.82, 2.24) is 10.2 Å². The third-order valence-corrected chi connectivity index (χ3v) is 5.66. The van der Waals surface area contributed by atoms with Gasteiger partial charge in [0.05, 0.1) is 27.9 Å². The van der Waals surface area contributed by atoms with Gasteiger partial charge in [-0.2, -0.15) is 0 Å². The van der Waals surface area contributed by atoms with Gasteiger partial charge in [-0.05, 0) is 26.8 Å². The van der Waals surface area contributed by atoms with E-state index >= 15 is 0 Å². The molecule has 0 amide bonds. The zero-order valence-electron chi connectivity index (χ0n) is 17.4. The first-order chi connectivity index (χ1) is 12.2. The van der Waals surface area contributed by atoms with Gasteiger partial charge in [0, 0.05) is 35.7 Å². The van der Waals surface area contributed by atoms with Crippen molar-refractivity contribution >= 4 is 5.96 Å². The number of hydrogen-bond donors (Lipinski definition) is 1. The second kappa shape index (κ2) is 7.64. The van der Waals surface area contributed by atoms with Gasteiger partial charge in [0.25, 0.3) is 0 Å². The molecule has 6 nitrogen and oxygen atoms in total. The van der Waals surface area contributed by atoms with E-state index in [0.717, 1.165) is 30.4 Å². The first kappa shape index (κ1) is 20.2. The molecule has 0 bridgehead atoms. The molecule has 1 aliphatic rings. The Hall–Kier alpha value is -2.11. The van der Waals surface area contributed by atoms with Gasteiger partial charge in [0.2, 0.25) is 0 Å². The van der Waals surface area contributed by atoms with Crippen molar-refractivity contribution in [2.45, 2.75) is 46.7 Å². The predicted molar refractivity (Wildman–Crippen MR) is 105 cm³/mol. The third-order valence-electron chi connectivity index (χ3n) is 5.66. The van der Waals surface area contributed by atoms with Crippen LogP contribution in [0.4, 0.5) is 0 Å². The van der Waals surface area contributed by atoms with E-state index in [0.29, 0.717) is 18.0 Å². The summed E-state index contributed by atoms with van der Waals surface area (Å²) >= 11 is 0. The minimum absolute atomic E-state index is 0.0513. The number of rotatable bonds is 6. The van der Waals surface area contributed by atoms with Crippen molar-refractivity contribution in [2.75, 3.05) is 34.4 Å². The molecule has 1 aliphatic heterocycles. The summed E-state index contributed by atoms with van der Waals surface area (Å²) in [5.74, 6) is 2.99. The molecule has 0 aliphatic carbocycles. The van der Waals surface area contributed by atoms with Crippen LogP contribution in [0, 0.1) is 5.41 Å². The van der Waals surface area contributed by atoms with Crippen LogP contribution in [0.2, 0.25) is 0 Å². The van der Waals surface area contributed by atoms with E-state index in [1.54, 1.807) is 21.3 Å². The molecule has 0 radical (unpaired) electrons. The average Bonchev–Trinajstić information content (AvgIpc) is 2.62. The lowest BCUT2D eigenvalue weighted by Gasteiger charge is -2.62. The normalized spacial score (nSPS) is 18.2. The number of likely N-dealkylation sites (tertiary alicyclic amines) is 1. The predicted octanol–water partition coefficient (Wildman–Crippen LogP) is 3.30. The van der Waals surface area contributed by atoms with Gasteiger partial charge in [0.1, 0.15) is 5.75 Å². The van der Waals surface area contributed by atoms with E-state index in [1.807, 2.05) is 12.1 Å². The molecule has 1 fully saturated rings. The minimum Gasteiger partial charge on any atom is -0.496 e. The number of ether oxygens (including phenoxy) is 3. The molecule has 1 heterocycles. The maximum absolute atomic E-state index is 5.52. The Kier molecular flexibility index (Phi) is 5.94. The summed E-state index contributed by atoms with van der Waals surface area (Å²) < 4.78 is 16.3. The molecule has 0 aromatic heterocycles. The standard InChI is InChI=1S/C20H33N3O3/c1-9-21-18(23-13-19(2,3)20(23,4)5)22-12-14-10-16(25-7)17(26-8)11-15(14)24-6/h10-11H,9,12-13H2,1-8H3,(H,21,22). The molecule has 2 rings (SSSR count). The van der Waals surface area contributed by atoms with Gasteiger partial charge in [0.15, 0.2) is 17.5 Å². The fraction of sp³-hybridized carbons (Fsp3) is 0.650. The molecular weight excluding hydrogens is 330 g/mol. The Balaban J connectivity index is 2.30. The Morgan fingerprint density at radius 1 is 1.04 bits per heavy atom. The second-order valence-corrected chi connectivity index (χ2v) is 7.72. The number of nitrogens with one attached hydrogen (secondary N) is 1. The topological polar surface area (TPSA) is 55.3 Å². The zero-order chi connectivity index (χ0) is 19.5. The van der Waals surface area contributed by atoms with Gasteiger partial charge in [-0.15, -0.1) is 0 Å². The van der Waals surface area contributed by atoms with Crippen LogP contribution in [0.25, 0.3) is 0 Å². The molecule has 0 spiro atoms. The zero-order valence-corrected chi connectivity index (χ0v) is 17.4. The van der Waals surface area contributed by atoms with Crippen molar-refractivity contribution < 1.29 is 14.2 Å². The molecule has 1 saturated heterocycles. The summed E-state index contributed by atoms with van der Waals surface area (Å²) in [5, 5.41) is 3.42. The molecule has 1 N–H and O–H groups in total. The Morgan fingerprint density at radius 2 is 1.62 bits per heavy atom. The van der Waals surface area contributed by atoms with Crippen molar-refractivity contribution in [2.24, 2.45) is 10.4 Å². The molecule has 6 heteroatoms. The molecule has 0 saturated carbocycles. The van der Waals surface area contributed by atoms with Crippen LogP contribution < -0.4 is 19.5 Å². The lowest BCUT2D eigenvalue weighted by molar-refractivity contribution is -0.0667. The molecule has 1 aromatic carbocycles. The molecule has 0 atom stereocenters. The Morgan fingerprint density at radius 3 is 2.08 bits per heavy atom. The van der Waals surface area contributed by atoms with Gasteiger partial charge in [-0.1, -0.05) is 13.8 Å². The number of benzene rings is 1. The number of guanidine groups is 1. The van der Waals surface area contributed by atoms with E-state index < -0.39 is 0 Å². The van der Waals surface area contributed by atoms with Crippen molar-refractivity contribution in [3.8, 4) is 17.2 Å². The smallest absolute Gasteiger partial charge is 0.194 e. The SMILES string of the molecule is CCNC(=NCc1cc(OC)c(OC)cc1OC)N1CC(C)(C)C1(C)C. The highest BCUT2D eigenvalue weighted by Gasteiger charge is 2.53. The lowest BCUT2D eigenvalue weighted by atomic mass is 9.65. The van der Waals surface area contributed by atoms with E-state index in [1.165, 1.54) is 0 Å². The minimum atomic E-state index is 0.0513. The highest BCUT2D eigenvalue weighted by atomic mass is 16.5. The fourth-order valence-electron chi connectivity index (χ4n) is 3.17. The maximum atomic E-state index is 5.52. The largest absolute Gasteiger partial charge is 0.496 e. The van der Waals surface area contributed by atoms with Crippen LogP contribution >= 0.6 is 0 Å². The van der Waals surface area contributed by atoms with Gasteiger partial charge in [-0.3, -0.25) is 0 Å². The van der Waals surface area contributed by atoms with Crippen molar-refractivity contribution in [3.63, 3.8) is 0 Å². The van der Waals surface area contributed by atoms with Gasteiger partial charge < -0.3 is 24.4 Å². The monoisotopic (exact) mass is 363 g/mol. The summed E-state index contributed by atoms with van der Waals surface area (Å²) in [6.07, 6.45) is 0. The van der Waals surface area contributed by atoms with Crippen LogP contribution in [0.5, 0.6) is 17.2 Å². The van der Waals surface area contributed by atoms with Crippen molar-refractivity contribution in [1.29, 1.82) is 0 Å². The molecule has 26 heavy (non-hydrogen) atoms. The van der Waals surface area contributed by atoms with E-state index in [-0.39, 0.29) is 11.0 Å². The number of aliphatic imine (C=N–C) groups is 1. The van der Waals surface area contributed by atoms with Crippen LogP contribution in [0.15, 0.2) is 17.1 Å². The van der Waals surface area contributed by atoms with E-state index in [9.17, 15) is 0 Å². The Labute approximate surface area is 157 Å². The van der Waals surface area contributed by atoms with Crippen LogP contribution in [-0.2, 0) is 6.54 Å².